The van der Waals surface area contributed by atoms with Gasteiger partial charge in [-0.15, -0.1) is 0 Å². The summed E-state index contributed by atoms with van der Waals surface area (Å²) >= 11 is -0.0371. The number of aromatic nitrogens is 1. The molecular formula is C27H29AsN4O. The molecule has 0 fully saturated rings. The van der Waals surface area contributed by atoms with Gasteiger partial charge in [0.25, 0.3) is 0 Å². The van der Waals surface area contributed by atoms with Crippen LogP contribution in [0.1, 0.15) is 22.5 Å². The number of hydrogen-bond acceptors (Lipinski definition) is 5. The third kappa shape index (κ3) is 5.47. The van der Waals surface area contributed by atoms with Crippen molar-refractivity contribution in [1.29, 1.82) is 5.26 Å². The SMILES string of the molecule is Cc1ccc(Nc2c(C#N)cnc3cc(-c4ccc(C[AsH]CCN(C)C)o4)ccc23)c(C)c1. The number of nitrogens with zero attached hydrogens (tertiary/aromatic N) is 3. The molecule has 2 aromatic carbocycles. The predicted molar refractivity (Wildman–Crippen MR) is 138 cm³/mol. The van der Waals surface area contributed by atoms with Crippen molar-refractivity contribution in [2.45, 2.75) is 24.3 Å². The molecule has 2 heterocycles. The second-order valence-corrected chi connectivity index (χ2v) is 11.4. The Morgan fingerprint density at radius 2 is 1.94 bits per heavy atom. The number of rotatable bonds is 8. The molecule has 0 saturated carbocycles. The van der Waals surface area contributed by atoms with E-state index in [0.29, 0.717) is 5.56 Å². The number of anilines is 2. The first-order valence-corrected chi connectivity index (χ1v) is 14.0. The fourth-order valence-electron chi connectivity index (χ4n) is 3.80. The van der Waals surface area contributed by atoms with Crippen LogP contribution < -0.4 is 5.32 Å². The van der Waals surface area contributed by atoms with E-state index in [0.717, 1.165) is 56.7 Å². The number of nitriles is 1. The minimum Gasteiger partial charge on any atom is -0.0543 e. The Morgan fingerprint density at radius 3 is 2.70 bits per heavy atom. The third-order valence-electron chi connectivity index (χ3n) is 5.61. The van der Waals surface area contributed by atoms with Crippen molar-refractivity contribution in [3.8, 4) is 17.4 Å². The van der Waals surface area contributed by atoms with Gasteiger partial charge in [-0.05, 0) is 13.8 Å². The van der Waals surface area contributed by atoms with Gasteiger partial charge in [-0.1, -0.05) is 17.7 Å². The van der Waals surface area contributed by atoms with Crippen molar-refractivity contribution in [2.75, 3.05) is 26.0 Å². The summed E-state index contributed by atoms with van der Waals surface area (Å²) < 4.78 is 6.15. The fourth-order valence-corrected chi connectivity index (χ4v) is 6.35. The van der Waals surface area contributed by atoms with Gasteiger partial charge >= 0.3 is 171 Å². The summed E-state index contributed by atoms with van der Waals surface area (Å²) in [4.78, 5) is 6.79. The number of aryl methyl sites for hydroxylation is 2. The molecule has 0 aliphatic heterocycles. The summed E-state index contributed by atoms with van der Waals surface area (Å²) in [5.74, 6) is 1.93. The molecule has 0 aliphatic rings. The van der Waals surface area contributed by atoms with Gasteiger partial charge in [-0.2, -0.15) is 0 Å². The van der Waals surface area contributed by atoms with E-state index in [1.54, 1.807) is 6.20 Å². The number of pyridine rings is 1. The van der Waals surface area contributed by atoms with E-state index < -0.39 is 0 Å². The maximum atomic E-state index is 9.68. The molecule has 4 rings (SSSR count). The van der Waals surface area contributed by atoms with Gasteiger partial charge in [0.05, 0.1) is 0 Å². The zero-order chi connectivity index (χ0) is 23.4. The van der Waals surface area contributed by atoms with Crippen molar-refractivity contribution in [2.24, 2.45) is 0 Å². The molecule has 2 aromatic heterocycles. The van der Waals surface area contributed by atoms with Crippen LogP contribution in [0.2, 0.25) is 5.21 Å². The van der Waals surface area contributed by atoms with Gasteiger partial charge in [-0.25, -0.2) is 0 Å². The van der Waals surface area contributed by atoms with E-state index >= 15 is 0 Å². The van der Waals surface area contributed by atoms with Gasteiger partial charge < -0.3 is 0 Å². The Labute approximate surface area is 202 Å². The number of fused-ring (bicyclic) bond motifs is 1. The van der Waals surface area contributed by atoms with Crippen LogP contribution in [-0.2, 0) is 5.21 Å². The van der Waals surface area contributed by atoms with Crippen molar-refractivity contribution < 1.29 is 4.42 Å². The molecule has 0 spiro atoms. The quantitative estimate of drug-likeness (QED) is 0.251. The van der Waals surface area contributed by atoms with Crippen LogP contribution >= 0.6 is 0 Å². The Kier molecular flexibility index (Phi) is 7.18. The molecule has 4 aromatic rings. The molecular weight excluding hydrogens is 471 g/mol. The maximum absolute atomic E-state index is 9.68. The summed E-state index contributed by atoms with van der Waals surface area (Å²) in [6.07, 6.45) is 1.64. The number of nitrogens with one attached hydrogen (secondary N) is 1. The van der Waals surface area contributed by atoms with Crippen LogP contribution in [0.5, 0.6) is 0 Å². The minimum absolute atomic E-state index is 0.0371. The van der Waals surface area contributed by atoms with Gasteiger partial charge in [0, 0.05) is 0 Å². The molecule has 0 amide bonds. The molecule has 0 radical (unpaired) electrons. The van der Waals surface area contributed by atoms with E-state index in [2.05, 4.69) is 73.5 Å². The summed E-state index contributed by atoms with van der Waals surface area (Å²) in [6, 6.07) is 18.8. The average molecular weight is 500 g/mol. The first-order valence-electron chi connectivity index (χ1n) is 11.1. The Balaban J connectivity index is 1.61. The number of benzene rings is 2. The first-order chi connectivity index (χ1) is 15.9. The summed E-state index contributed by atoms with van der Waals surface area (Å²) in [6.45, 7) is 5.29. The van der Waals surface area contributed by atoms with Gasteiger partial charge in [0.2, 0.25) is 0 Å². The smallest absolute Gasteiger partial charge is 0.0543 e. The number of furan rings is 1. The van der Waals surface area contributed by atoms with Crippen LogP contribution in [0.15, 0.2) is 59.1 Å². The number of hydrogen-bond donors (Lipinski definition) is 1. The molecule has 0 aliphatic carbocycles. The van der Waals surface area contributed by atoms with Gasteiger partial charge in [0.15, 0.2) is 0 Å². The van der Waals surface area contributed by atoms with Crippen LogP contribution in [0.25, 0.3) is 22.2 Å². The second-order valence-electron chi connectivity index (χ2n) is 8.58. The third-order valence-corrected chi connectivity index (χ3v) is 8.08. The molecule has 1 N–H and O–H groups in total. The van der Waals surface area contributed by atoms with Crippen molar-refractivity contribution >= 4 is 38.0 Å². The summed E-state index contributed by atoms with van der Waals surface area (Å²) in [7, 11) is 4.24. The van der Waals surface area contributed by atoms with Crippen LogP contribution in [-0.4, -0.2) is 46.3 Å². The van der Waals surface area contributed by atoms with Crippen molar-refractivity contribution in [1.82, 2.24) is 9.88 Å². The average Bonchev–Trinajstić information content (AvgIpc) is 3.27. The van der Waals surface area contributed by atoms with E-state index in [4.69, 9.17) is 4.42 Å². The van der Waals surface area contributed by atoms with E-state index in [1.165, 1.54) is 10.8 Å². The Morgan fingerprint density at radius 1 is 1.09 bits per heavy atom. The molecule has 1 atom stereocenters. The van der Waals surface area contributed by atoms with E-state index in [1.807, 2.05) is 24.3 Å². The van der Waals surface area contributed by atoms with Crippen LogP contribution in [0.3, 0.4) is 0 Å². The fraction of sp³-hybridized carbons (Fsp3) is 0.259. The molecule has 0 saturated heterocycles. The standard InChI is InChI=1S/C27H29AsN4O/c1-18-5-9-24(19(2)13-18)31-27-21(16-29)17-30-25-14-20(6-8-23(25)27)26-10-7-22(33-26)15-28-11-12-32(3)4/h5-10,13-14,17,28H,11-12,15H2,1-4H3,(H,30,31). The molecule has 5 nitrogen and oxygen atoms in total. The zero-order valence-corrected chi connectivity index (χ0v) is 21.7. The normalized spacial score (nSPS) is 11.5. The molecule has 168 valence electrons. The van der Waals surface area contributed by atoms with Crippen LogP contribution in [0.4, 0.5) is 11.4 Å². The first kappa shape index (κ1) is 23.1. The topological polar surface area (TPSA) is 65.1 Å². The monoisotopic (exact) mass is 500 g/mol. The van der Waals surface area contributed by atoms with Crippen LogP contribution in [0, 0.1) is 25.2 Å². The predicted octanol–water partition coefficient (Wildman–Crippen LogP) is 5.64. The Hall–Kier alpha value is -3.06. The summed E-state index contributed by atoms with van der Waals surface area (Å²) in [5.41, 5.74) is 6.47. The molecule has 6 heteroatoms. The zero-order valence-electron chi connectivity index (χ0n) is 19.6. The van der Waals surface area contributed by atoms with Gasteiger partial charge in [0.1, 0.15) is 0 Å². The minimum atomic E-state index is -0.0371. The molecule has 1 unspecified atom stereocenters. The van der Waals surface area contributed by atoms with E-state index in [-0.39, 0.29) is 15.8 Å². The van der Waals surface area contributed by atoms with E-state index in [9.17, 15) is 5.26 Å². The van der Waals surface area contributed by atoms with Gasteiger partial charge in [-0.3, -0.25) is 0 Å². The Bertz CT molecular complexity index is 1320. The summed E-state index contributed by atoms with van der Waals surface area (Å²) in [5, 5.41) is 16.4. The van der Waals surface area contributed by atoms with Crippen molar-refractivity contribution in [3.05, 3.63) is 77.2 Å². The van der Waals surface area contributed by atoms with Crippen molar-refractivity contribution in [3.63, 3.8) is 0 Å². The second kappa shape index (κ2) is 10.3. The molecule has 0 bridgehead atoms. The molecule has 33 heavy (non-hydrogen) atoms.